The fourth-order valence-corrected chi connectivity index (χ4v) is 3.47. The van der Waals surface area contributed by atoms with Crippen molar-refractivity contribution < 1.29 is 13.2 Å². The van der Waals surface area contributed by atoms with Crippen molar-refractivity contribution in [2.75, 3.05) is 12.9 Å². The van der Waals surface area contributed by atoms with Gasteiger partial charge in [-0.15, -0.1) is 0 Å². The maximum atomic E-state index is 12.0. The maximum absolute atomic E-state index is 12.0. The van der Waals surface area contributed by atoms with E-state index in [4.69, 9.17) is 10.5 Å². The van der Waals surface area contributed by atoms with Gasteiger partial charge in [-0.1, -0.05) is 24.6 Å². The number of sulfone groups is 1. The summed E-state index contributed by atoms with van der Waals surface area (Å²) in [6, 6.07) is 5.23. The highest BCUT2D eigenvalue weighted by molar-refractivity contribution is 7.90. The monoisotopic (exact) mass is 271 g/mol. The number of hydrogen-bond donors (Lipinski definition) is 1. The first-order valence-corrected chi connectivity index (χ1v) is 7.79. The van der Waals surface area contributed by atoms with E-state index in [0.717, 1.165) is 5.56 Å². The van der Waals surface area contributed by atoms with Crippen LogP contribution in [0.25, 0.3) is 0 Å². The quantitative estimate of drug-likeness (QED) is 0.854. The lowest BCUT2D eigenvalue weighted by molar-refractivity contribution is 0.411. The Kier molecular flexibility index (Phi) is 5.16. The van der Waals surface area contributed by atoms with E-state index in [-0.39, 0.29) is 17.5 Å². The standard InChI is InChI=1S/C13H21NO3S/c1-4-12(14)9-18(15,16)8-11-7-10(2)5-6-13(11)17-3/h5-7,12H,4,8-9,14H2,1-3H3. The summed E-state index contributed by atoms with van der Waals surface area (Å²) in [4.78, 5) is 0. The minimum Gasteiger partial charge on any atom is -0.496 e. The van der Waals surface area contributed by atoms with Crippen molar-refractivity contribution in [3.8, 4) is 5.75 Å². The van der Waals surface area contributed by atoms with Crippen LogP contribution in [0.15, 0.2) is 18.2 Å². The molecule has 1 aromatic carbocycles. The van der Waals surface area contributed by atoms with Gasteiger partial charge in [-0.2, -0.15) is 0 Å². The molecule has 0 heterocycles. The molecule has 0 fully saturated rings. The van der Waals surface area contributed by atoms with Crippen molar-refractivity contribution in [1.29, 1.82) is 0 Å². The Labute approximate surface area is 109 Å². The zero-order chi connectivity index (χ0) is 13.8. The Morgan fingerprint density at radius 1 is 1.39 bits per heavy atom. The second-order valence-corrected chi connectivity index (χ2v) is 6.65. The van der Waals surface area contributed by atoms with Crippen LogP contribution in [-0.2, 0) is 15.6 Å². The molecule has 0 aliphatic heterocycles. The van der Waals surface area contributed by atoms with Crippen molar-refractivity contribution in [3.05, 3.63) is 29.3 Å². The van der Waals surface area contributed by atoms with E-state index in [1.54, 1.807) is 13.2 Å². The molecule has 0 spiro atoms. The molecule has 0 radical (unpaired) electrons. The smallest absolute Gasteiger partial charge is 0.156 e. The minimum atomic E-state index is -3.20. The SMILES string of the molecule is CCC(N)CS(=O)(=O)Cc1cc(C)ccc1OC. The maximum Gasteiger partial charge on any atom is 0.156 e. The first kappa shape index (κ1) is 15.0. The molecule has 0 aromatic heterocycles. The molecule has 0 bridgehead atoms. The third kappa shape index (κ3) is 4.31. The van der Waals surface area contributed by atoms with Crippen LogP contribution in [0.3, 0.4) is 0 Å². The van der Waals surface area contributed by atoms with Gasteiger partial charge in [0.1, 0.15) is 5.75 Å². The molecule has 5 heteroatoms. The number of nitrogens with two attached hydrogens (primary N) is 1. The number of rotatable bonds is 6. The van der Waals surface area contributed by atoms with Gasteiger partial charge in [0.15, 0.2) is 9.84 Å². The summed E-state index contributed by atoms with van der Waals surface area (Å²) in [5.74, 6) is 0.598. The van der Waals surface area contributed by atoms with Crippen LogP contribution in [0.4, 0.5) is 0 Å². The fraction of sp³-hybridized carbons (Fsp3) is 0.538. The predicted octanol–water partition coefficient (Wildman–Crippen LogP) is 1.66. The molecular weight excluding hydrogens is 250 g/mol. The van der Waals surface area contributed by atoms with Gasteiger partial charge in [0.05, 0.1) is 18.6 Å². The molecule has 18 heavy (non-hydrogen) atoms. The highest BCUT2D eigenvalue weighted by Gasteiger charge is 2.18. The lowest BCUT2D eigenvalue weighted by Crippen LogP contribution is -2.29. The van der Waals surface area contributed by atoms with Crippen LogP contribution >= 0.6 is 0 Å². The zero-order valence-electron chi connectivity index (χ0n) is 11.1. The van der Waals surface area contributed by atoms with E-state index < -0.39 is 9.84 Å². The van der Waals surface area contributed by atoms with Crippen LogP contribution in [0.2, 0.25) is 0 Å². The van der Waals surface area contributed by atoms with Gasteiger partial charge in [-0.25, -0.2) is 8.42 Å². The van der Waals surface area contributed by atoms with E-state index in [2.05, 4.69) is 0 Å². The van der Waals surface area contributed by atoms with Crippen molar-refractivity contribution in [1.82, 2.24) is 0 Å². The number of methoxy groups -OCH3 is 1. The molecule has 2 N–H and O–H groups in total. The van der Waals surface area contributed by atoms with E-state index in [9.17, 15) is 8.42 Å². The third-order valence-electron chi connectivity index (χ3n) is 2.80. The summed E-state index contributed by atoms with van der Waals surface area (Å²) < 4.78 is 29.2. The summed E-state index contributed by atoms with van der Waals surface area (Å²) in [5.41, 5.74) is 7.41. The Morgan fingerprint density at radius 3 is 2.61 bits per heavy atom. The second kappa shape index (κ2) is 6.20. The molecule has 0 saturated carbocycles. The fourth-order valence-electron chi connectivity index (χ4n) is 1.76. The molecule has 4 nitrogen and oxygen atoms in total. The summed E-state index contributed by atoms with van der Waals surface area (Å²) in [6.45, 7) is 3.81. The molecule has 0 amide bonds. The van der Waals surface area contributed by atoms with E-state index in [0.29, 0.717) is 17.7 Å². The highest BCUT2D eigenvalue weighted by Crippen LogP contribution is 2.22. The number of ether oxygens (including phenoxy) is 1. The van der Waals surface area contributed by atoms with Crippen molar-refractivity contribution in [2.45, 2.75) is 32.1 Å². The van der Waals surface area contributed by atoms with Gasteiger partial charge in [0, 0.05) is 11.6 Å². The second-order valence-electron chi connectivity index (χ2n) is 4.54. The van der Waals surface area contributed by atoms with Gasteiger partial charge in [-0.3, -0.25) is 0 Å². The summed E-state index contributed by atoms with van der Waals surface area (Å²) >= 11 is 0. The molecule has 1 rings (SSSR count). The third-order valence-corrected chi connectivity index (χ3v) is 4.49. The van der Waals surface area contributed by atoms with E-state index in [1.165, 1.54) is 0 Å². The minimum absolute atomic E-state index is 0.0145. The lowest BCUT2D eigenvalue weighted by Gasteiger charge is -2.12. The number of benzene rings is 1. The first-order chi connectivity index (χ1) is 8.38. The van der Waals surface area contributed by atoms with Crippen LogP contribution in [-0.4, -0.2) is 27.3 Å². The first-order valence-electron chi connectivity index (χ1n) is 5.97. The number of aryl methyl sites for hydroxylation is 1. The van der Waals surface area contributed by atoms with Crippen molar-refractivity contribution >= 4 is 9.84 Å². The van der Waals surface area contributed by atoms with Crippen LogP contribution < -0.4 is 10.5 Å². The lowest BCUT2D eigenvalue weighted by atomic mass is 10.1. The van der Waals surface area contributed by atoms with Gasteiger partial charge in [-0.05, 0) is 19.4 Å². The molecule has 0 saturated heterocycles. The normalized spacial score (nSPS) is 13.3. The summed E-state index contributed by atoms with van der Waals surface area (Å²) in [5, 5.41) is 0. The Morgan fingerprint density at radius 2 is 2.06 bits per heavy atom. The molecule has 1 unspecified atom stereocenters. The molecular formula is C13H21NO3S. The number of hydrogen-bond acceptors (Lipinski definition) is 4. The Bertz CT molecular complexity index is 497. The Hall–Kier alpha value is -1.07. The largest absolute Gasteiger partial charge is 0.496 e. The summed E-state index contributed by atoms with van der Waals surface area (Å²) in [6.07, 6.45) is 0.657. The molecule has 0 aliphatic rings. The Balaban J connectivity index is 2.93. The van der Waals surface area contributed by atoms with Crippen LogP contribution in [0.1, 0.15) is 24.5 Å². The molecule has 0 aliphatic carbocycles. The van der Waals surface area contributed by atoms with Gasteiger partial charge >= 0.3 is 0 Å². The average Bonchev–Trinajstić information content (AvgIpc) is 2.28. The van der Waals surface area contributed by atoms with E-state index in [1.807, 2.05) is 26.0 Å². The highest BCUT2D eigenvalue weighted by atomic mass is 32.2. The van der Waals surface area contributed by atoms with Gasteiger partial charge < -0.3 is 10.5 Å². The molecule has 1 atom stereocenters. The van der Waals surface area contributed by atoms with E-state index >= 15 is 0 Å². The van der Waals surface area contributed by atoms with Gasteiger partial charge in [0.2, 0.25) is 0 Å². The molecule has 1 aromatic rings. The van der Waals surface area contributed by atoms with Crippen LogP contribution in [0.5, 0.6) is 5.75 Å². The van der Waals surface area contributed by atoms with Crippen LogP contribution in [0, 0.1) is 6.92 Å². The zero-order valence-corrected chi connectivity index (χ0v) is 12.0. The van der Waals surface area contributed by atoms with Gasteiger partial charge in [0.25, 0.3) is 0 Å². The average molecular weight is 271 g/mol. The topological polar surface area (TPSA) is 69.4 Å². The van der Waals surface area contributed by atoms with Crippen molar-refractivity contribution in [2.24, 2.45) is 5.73 Å². The summed E-state index contributed by atoms with van der Waals surface area (Å²) in [7, 11) is -1.66. The predicted molar refractivity (Wildman–Crippen MR) is 73.5 cm³/mol. The molecule has 102 valence electrons. The van der Waals surface area contributed by atoms with Crippen molar-refractivity contribution in [3.63, 3.8) is 0 Å².